The summed E-state index contributed by atoms with van der Waals surface area (Å²) in [5, 5.41) is 3.83. The second kappa shape index (κ2) is 11.4. The third-order valence-electron chi connectivity index (χ3n) is 7.85. The molecular formula is C40H45N3. The molecule has 5 aromatic rings. The molecule has 0 saturated heterocycles. The molecule has 0 atom stereocenters. The van der Waals surface area contributed by atoms with Crippen LogP contribution >= 0.6 is 0 Å². The Balaban J connectivity index is 1.75. The van der Waals surface area contributed by atoms with E-state index in [2.05, 4.69) is 171 Å². The van der Waals surface area contributed by atoms with Crippen molar-refractivity contribution >= 4 is 11.4 Å². The van der Waals surface area contributed by atoms with Gasteiger partial charge in [0.25, 0.3) is 0 Å². The minimum Gasteiger partial charge on any atom is -0.354 e. The average molecular weight is 568 g/mol. The molecule has 2 aromatic heterocycles. The first-order valence-corrected chi connectivity index (χ1v) is 15.3. The van der Waals surface area contributed by atoms with E-state index in [0.717, 1.165) is 45.3 Å². The average Bonchev–Trinajstić information content (AvgIpc) is 2.97. The summed E-state index contributed by atoms with van der Waals surface area (Å²) in [5.41, 5.74) is 11.7. The molecule has 0 aliphatic carbocycles. The third-order valence-corrected chi connectivity index (χ3v) is 7.85. The van der Waals surface area contributed by atoms with Crippen molar-refractivity contribution in [3.63, 3.8) is 0 Å². The fourth-order valence-corrected chi connectivity index (χ4v) is 5.14. The number of anilines is 2. The normalized spacial score (nSPS) is 12.3. The van der Waals surface area contributed by atoms with Gasteiger partial charge in [0.15, 0.2) is 0 Å². The summed E-state index contributed by atoms with van der Waals surface area (Å²) in [6, 6.07) is 36.6. The Bertz CT molecular complexity index is 1630. The van der Waals surface area contributed by atoms with Crippen LogP contribution in [0.25, 0.3) is 33.6 Å². The predicted molar refractivity (Wildman–Crippen MR) is 184 cm³/mol. The maximum Gasteiger partial charge on any atom is 0.0726 e. The van der Waals surface area contributed by atoms with Gasteiger partial charge in [0, 0.05) is 39.0 Å². The van der Waals surface area contributed by atoms with Crippen molar-refractivity contribution < 1.29 is 0 Å². The standard InChI is InChI=1S/C40H45N3/c1-38(2,3)29-25-31(33-17-13-19-35(42-33)39(4,5)6)37(32(26-29)34-18-14-20-36(43-34)40(7,8)9)41-30-23-21-28(22-24-30)27-15-11-10-12-16-27/h10-26,41H,1-9H3. The Morgan fingerprint density at radius 3 is 1.37 bits per heavy atom. The highest BCUT2D eigenvalue weighted by atomic mass is 14.9. The van der Waals surface area contributed by atoms with Crippen LogP contribution in [0.15, 0.2) is 103 Å². The number of aromatic nitrogens is 2. The number of nitrogens with zero attached hydrogens (tertiary/aromatic N) is 2. The lowest BCUT2D eigenvalue weighted by atomic mass is 9.83. The van der Waals surface area contributed by atoms with Crippen LogP contribution in [-0.4, -0.2) is 9.97 Å². The fraction of sp³-hybridized carbons (Fsp3) is 0.300. The highest BCUT2D eigenvalue weighted by Gasteiger charge is 2.24. The van der Waals surface area contributed by atoms with E-state index in [0.29, 0.717) is 0 Å². The number of hydrogen-bond donors (Lipinski definition) is 1. The number of rotatable bonds is 5. The molecule has 3 aromatic carbocycles. The van der Waals surface area contributed by atoms with E-state index in [1.54, 1.807) is 0 Å². The molecule has 3 nitrogen and oxygen atoms in total. The molecule has 0 bridgehead atoms. The summed E-state index contributed by atoms with van der Waals surface area (Å²) in [7, 11) is 0. The Morgan fingerprint density at radius 2 is 0.930 bits per heavy atom. The van der Waals surface area contributed by atoms with Crippen molar-refractivity contribution in [2.75, 3.05) is 5.32 Å². The molecule has 2 heterocycles. The largest absolute Gasteiger partial charge is 0.354 e. The molecule has 0 fully saturated rings. The first-order chi connectivity index (χ1) is 20.2. The quantitative estimate of drug-likeness (QED) is 0.229. The predicted octanol–water partition coefficient (Wildman–Crippen LogP) is 11.1. The van der Waals surface area contributed by atoms with E-state index in [4.69, 9.17) is 9.97 Å². The molecular weight excluding hydrogens is 522 g/mol. The van der Waals surface area contributed by atoms with E-state index in [1.165, 1.54) is 16.7 Å². The molecule has 43 heavy (non-hydrogen) atoms. The molecule has 3 heteroatoms. The van der Waals surface area contributed by atoms with Crippen LogP contribution in [0.4, 0.5) is 11.4 Å². The highest BCUT2D eigenvalue weighted by molar-refractivity contribution is 5.92. The van der Waals surface area contributed by atoms with Gasteiger partial charge < -0.3 is 5.32 Å². The Labute approximate surface area is 258 Å². The number of nitrogens with one attached hydrogen (secondary N) is 1. The van der Waals surface area contributed by atoms with Crippen LogP contribution < -0.4 is 5.32 Å². The van der Waals surface area contributed by atoms with Gasteiger partial charge in [0.2, 0.25) is 0 Å². The summed E-state index contributed by atoms with van der Waals surface area (Å²) >= 11 is 0. The topological polar surface area (TPSA) is 37.8 Å². The molecule has 0 radical (unpaired) electrons. The van der Waals surface area contributed by atoms with E-state index in [-0.39, 0.29) is 16.2 Å². The monoisotopic (exact) mass is 567 g/mol. The Morgan fingerprint density at radius 1 is 0.465 bits per heavy atom. The minimum absolute atomic E-state index is 0.0655. The molecule has 0 aliphatic rings. The van der Waals surface area contributed by atoms with E-state index >= 15 is 0 Å². The van der Waals surface area contributed by atoms with Crippen molar-refractivity contribution in [1.82, 2.24) is 9.97 Å². The second-order valence-electron chi connectivity index (χ2n) is 14.6. The van der Waals surface area contributed by atoms with Gasteiger partial charge in [-0.25, -0.2) is 0 Å². The number of benzene rings is 3. The van der Waals surface area contributed by atoms with Crippen molar-refractivity contribution in [1.29, 1.82) is 0 Å². The van der Waals surface area contributed by atoms with Gasteiger partial charge in [-0.3, -0.25) is 9.97 Å². The molecule has 220 valence electrons. The maximum atomic E-state index is 5.22. The van der Waals surface area contributed by atoms with Gasteiger partial charge >= 0.3 is 0 Å². The van der Waals surface area contributed by atoms with Gasteiger partial charge in [-0.15, -0.1) is 0 Å². The van der Waals surface area contributed by atoms with Crippen LogP contribution in [0.1, 0.15) is 79.3 Å². The summed E-state index contributed by atoms with van der Waals surface area (Å²) in [5.74, 6) is 0. The van der Waals surface area contributed by atoms with Gasteiger partial charge in [-0.05, 0) is 70.6 Å². The van der Waals surface area contributed by atoms with Crippen molar-refractivity contribution in [2.24, 2.45) is 0 Å². The van der Waals surface area contributed by atoms with Crippen LogP contribution in [0.3, 0.4) is 0 Å². The number of pyridine rings is 2. The Kier molecular flexibility index (Phi) is 8.05. The van der Waals surface area contributed by atoms with Gasteiger partial charge in [-0.1, -0.05) is 117 Å². The summed E-state index contributed by atoms with van der Waals surface area (Å²) < 4.78 is 0. The lowest BCUT2D eigenvalue weighted by molar-refractivity contribution is 0.569. The molecule has 0 spiro atoms. The second-order valence-corrected chi connectivity index (χ2v) is 14.6. The van der Waals surface area contributed by atoms with E-state index < -0.39 is 0 Å². The maximum absolute atomic E-state index is 5.22. The van der Waals surface area contributed by atoms with Gasteiger partial charge in [0.1, 0.15) is 0 Å². The zero-order valence-corrected chi connectivity index (χ0v) is 27.2. The van der Waals surface area contributed by atoms with E-state index in [9.17, 15) is 0 Å². The summed E-state index contributed by atoms with van der Waals surface area (Å²) in [6.45, 7) is 20.1. The molecule has 0 amide bonds. The molecule has 0 saturated carbocycles. The van der Waals surface area contributed by atoms with Crippen molar-refractivity contribution in [2.45, 2.75) is 78.6 Å². The third kappa shape index (κ3) is 6.88. The number of hydrogen-bond acceptors (Lipinski definition) is 3. The first-order valence-electron chi connectivity index (χ1n) is 15.3. The van der Waals surface area contributed by atoms with Gasteiger partial charge in [-0.2, -0.15) is 0 Å². The van der Waals surface area contributed by atoms with E-state index in [1.807, 2.05) is 0 Å². The molecule has 5 rings (SSSR count). The molecule has 0 unspecified atom stereocenters. The smallest absolute Gasteiger partial charge is 0.0726 e. The minimum atomic E-state index is -0.0668. The van der Waals surface area contributed by atoms with Gasteiger partial charge in [0.05, 0.1) is 17.1 Å². The lowest BCUT2D eigenvalue weighted by Gasteiger charge is -2.26. The van der Waals surface area contributed by atoms with Crippen LogP contribution in [0, 0.1) is 0 Å². The molecule has 1 N–H and O–H groups in total. The van der Waals surface area contributed by atoms with Crippen LogP contribution in [0.2, 0.25) is 0 Å². The van der Waals surface area contributed by atoms with Crippen molar-refractivity contribution in [3.8, 4) is 33.6 Å². The zero-order valence-electron chi connectivity index (χ0n) is 27.2. The lowest BCUT2D eigenvalue weighted by Crippen LogP contribution is -2.15. The summed E-state index contributed by atoms with van der Waals surface area (Å²) in [6.07, 6.45) is 0. The SMILES string of the molecule is CC(C)(C)c1cc(-c2cccc(C(C)(C)C)n2)c(Nc2ccc(-c3ccccc3)cc2)c(-c2cccc(C(C)(C)C)n2)c1. The van der Waals surface area contributed by atoms with Crippen LogP contribution in [-0.2, 0) is 16.2 Å². The summed E-state index contributed by atoms with van der Waals surface area (Å²) in [4.78, 5) is 10.4. The Hall–Kier alpha value is -4.24. The van der Waals surface area contributed by atoms with Crippen LogP contribution in [0.5, 0.6) is 0 Å². The highest BCUT2D eigenvalue weighted by Crippen LogP contribution is 2.42. The fourth-order valence-electron chi connectivity index (χ4n) is 5.14. The first kappa shape index (κ1) is 30.2. The molecule has 0 aliphatic heterocycles. The zero-order chi connectivity index (χ0) is 31.0. The van der Waals surface area contributed by atoms with Crippen molar-refractivity contribution in [3.05, 3.63) is 120 Å².